The molecule has 3 heteroatoms. The molecule has 0 atom stereocenters. The van der Waals surface area contributed by atoms with Crippen molar-refractivity contribution in [1.82, 2.24) is 4.90 Å². The van der Waals surface area contributed by atoms with Crippen LogP contribution in [0.3, 0.4) is 0 Å². The van der Waals surface area contributed by atoms with Crippen LogP contribution in [0.4, 0.5) is 0 Å². The summed E-state index contributed by atoms with van der Waals surface area (Å²) in [7, 11) is 0. The van der Waals surface area contributed by atoms with E-state index in [1.54, 1.807) is 0 Å². The fourth-order valence-corrected chi connectivity index (χ4v) is 2.87. The Bertz CT molecular complexity index is 359. The van der Waals surface area contributed by atoms with Gasteiger partial charge in [-0.1, -0.05) is 29.8 Å². The van der Waals surface area contributed by atoms with E-state index in [9.17, 15) is 0 Å². The molecule has 0 spiro atoms. The first-order chi connectivity index (χ1) is 8.79. The van der Waals surface area contributed by atoms with E-state index in [0.29, 0.717) is 0 Å². The van der Waals surface area contributed by atoms with Gasteiger partial charge < -0.3 is 10.6 Å². The van der Waals surface area contributed by atoms with Crippen molar-refractivity contribution in [3.63, 3.8) is 0 Å². The molecule has 1 heterocycles. The van der Waals surface area contributed by atoms with Gasteiger partial charge in [0.1, 0.15) is 0 Å². The zero-order valence-corrected chi connectivity index (χ0v) is 11.7. The number of nitrogens with two attached hydrogens (primary N) is 1. The van der Waals surface area contributed by atoms with Crippen molar-refractivity contribution in [2.24, 2.45) is 11.7 Å². The lowest BCUT2D eigenvalue weighted by Crippen LogP contribution is -2.36. The summed E-state index contributed by atoms with van der Waals surface area (Å²) in [5, 5.41) is 0.902. The monoisotopic (exact) mass is 266 g/mol. The summed E-state index contributed by atoms with van der Waals surface area (Å²) in [6.45, 7) is 4.46. The summed E-state index contributed by atoms with van der Waals surface area (Å²) in [6, 6.07) is 8.16. The third kappa shape index (κ3) is 3.98. The summed E-state index contributed by atoms with van der Waals surface area (Å²) in [6.07, 6.45) is 4.80. The van der Waals surface area contributed by atoms with Gasteiger partial charge in [0.15, 0.2) is 0 Å². The molecule has 0 aliphatic carbocycles. The van der Waals surface area contributed by atoms with Gasteiger partial charge >= 0.3 is 0 Å². The van der Waals surface area contributed by atoms with Crippen molar-refractivity contribution in [2.45, 2.75) is 25.7 Å². The largest absolute Gasteiger partial charge is 0.330 e. The van der Waals surface area contributed by atoms with Crippen molar-refractivity contribution in [1.29, 1.82) is 0 Å². The second-order valence-electron chi connectivity index (χ2n) is 5.22. The summed E-state index contributed by atoms with van der Waals surface area (Å²) in [4.78, 5) is 2.56. The van der Waals surface area contributed by atoms with Crippen molar-refractivity contribution in [2.75, 3.05) is 26.2 Å². The average molecular weight is 267 g/mol. The van der Waals surface area contributed by atoms with Crippen molar-refractivity contribution >= 4 is 11.6 Å². The average Bonchev–Trinajstić information content (AvgIpc) is 2.42. The molecule has 1 aliphatic rings. The van der Waals surface area contributed by atoms with Crippen LogP contribution in [0.5, 0.6) is 0 Å². The molecular weight excluding hydrogens is 244 g/mol. The summed E-state index contributed by atoms with van der Waals surface area (Å²) < 4.78 is 0. The molecule has 0 saturated carbocycles. The maximum absolute atomic E-state index is 6.16. The summed E-state index contributed by atoms with van der Waals surface area (Å²) in [5.41, 5.74) is 6.98. The molecule has 1 fully saturated rings. The second-order valence-corrected chi connectivity index (χ2v) is 5.62. The Morgan fingerprint density at radius 2 is 1.94 bits per heavy atom. The second kappa shape index (κ2) is 7.13. The fourth-order valence-electron chi connectivity index (χ4n) is 2.64. The smallest absolute Gasteiger partial charge is 0.0437 e. The fraction of sp³-hybridized carbons (Fsp3) is 0.600. The Morgan fingerprint density at radius 1 is 1.22 bits per heavy atom. The molecule has 1 aromatic rings. The standard InChI is InChI=1S/C15H23ClN2/c16-15-6-2-1-4-14(15)5-3-9-18-10-7-13(12-17)8-11-18/h1-2,4,6,13H,3,5,7-12,17H2. The van der Waals surface area contributed by atoms with Gasteiger partial charge in [-0.25, -0.2) is 0 Å². The van der Waals surface area contributed by atoms with Crippen molar-refractivity contribution in [3.05, 3.63) is 34.9 Å². The lowest BCUT2D eigenvalue weighted by atomic mass is 9.97. The molecule has 0 radical (unpaired) electrons. The lowest BCUT2D eigenvalue weighted by Gasteiger charge is -2.31. The molecule has 2 rings (SSSR count). The number of nitrogens with zero attached hydrogens (tertiary/aromatic N) is 1. The first-order valence-electron chi connectivity index (χ1n) is 6.95. The highest BCUT2D eigenvalue weighted by Crippen LogP contribution is 2.18. The van der Waals surface area contributed by atoms with Crippen LogP contribution in [0.25, 0.3) is 0 Å². The Morgan fingerprint density at radius 3 is 2.61 bits per heavy atom. The third-order valence-electron chi connectivity index (χ3n) is 3.92. The van der Waals surface area contributed by atoms with E-state index in [0.717, 1.165) is 23.9 Å². The number of aryl methyl sites for hydroxylation is 1. The quantitative estimate of drug-likeness (QED) is 0.888. The van der Waals surface area contributed by atoms with E-state index >= 15 is 0 Å². The minimum atomic E-state index is 0.754. The topological polar surface area (TPSA) is 29.3 Å². The zero-order valence-electron chi connectivity index (χ0n) is 10.9. The Hall–Kier alpha value is -0.570. The predicted molar refractivity (Wildman–Crippen MR) is 78.0 cm³/mol. The molecule has 1 aliphatic heterocycles. The van der Waals surface area contributed by atoms with E-state index in [4.69, 9.17) is 17.3 Å². The molecule has 0 bridgehead atoms. The van der Waals surface area contributed by atoms with Crippen molar-refractivity contribution in [3.8, 4) is 0 Å². The number of piperidine rings is 1. The van der Waals surface area contributed by atoms with Gasteiger partial charge in [-0.05, 0) is 69.4 Å². The van der Waals surface area contributed by atoms with Gasteiger partial charge in [0, 0.05) is 5.02 Å². The molecular formula is C15H23ClN2. The molecule has 2 nitrogen and oxygen atoms in total. The molecule has 18 heavy (non-hydrogen) atoms. The first-order valence-corrected chi connectivity index (χ1v) is 7.33. The number of rotatable bonds is 5. The Labute approximate surface area is 115 Å². The van der Waals surface area contributed by atoms with E-state index in [-0.39, 0.29) is 0 Å². The number of halogens is 1. The summed E-state index contributed by atoms with van der Waals surface area (Å²) in [5.74, 6) is 0.754. The van der Waals surface area contributed by atoms with Gasteiger partial charge in [-0.2, -0.15) is 0 Å². The van der Waals surface area contributed by atoms with Crippen molar-refractivity contribution < 1.29 is 0 Å². The van der Waals surface area contributed by atoms with Crippen LogP contribution in [0.1, 0.15) is 24.8 Å². The van der Waals surface area contributed by atoms with Gasteiger partial charge in [0.05, 0.1) is 0 Å². The minimum Gasteiger partial charge on any atom is -0.330 e. The first kappa shape index (κ1) is 13.9. The zero-order chi connectivity index (χ0) is 12.8. The highest BCUT2D eigenvalue weighted by atomic mass is 35.5. The normalized spacial score (nSPS) is 18.1. The molecule has 1 saturated heterocycles. The van der Waals surface area contributed by atoms with E-state index in [1.165, 1.54) is 44.5 Å². The van der Waals surface area contributed by atoms with E-state index in [2.05, 4.69) is 17.0 Å². The maximum atomic E-state index is 6.16. The van der Waals surface area contributed by atoms with Crippen LogP contribution in [0, 0.1) is 5.92 Å². The summed E-state index contributed by atoms with van der Waals surface area (Å²) >= 11 is 6.16. The van der Waals surface area contributed by atoms with Crippen LogP contribution in [0.2, 0.25) is 5.02 Å². The van der Waals surface area contributed by atoms with Gasteiger partial charge in [0.2, 0.25) is 0 Å². The van der Waals surface area contributed by atoms with Crippen LogP contribution in [-0.2, 0) is 6.42 Å². The van der Waals surface area contributed by atoms with Crippen LogP contribution >= 0.6 is 11.6 Å². The lowest BCUT2D eigenvalue weighted by molar-refractivity contribution is 0.186. The predicted octanol–water partition coefficient (Wildman–Crippen LogP) is 2.94. The Balaban J connectivity index is 1.69. The molecule has 0 unspecified atom stereocenters. The molecule has 0 aromatic heterocycles. The van der Waals surface area contributed by atoms with Crippen LogP contribution in [-0.4, -0.2) is 31.1 Å². The van der Waals surface area contributed by atoms with Gasteiger partial charge in [0.25, 0.3) is 0 Å². The van der Waals surface area contributed by atoms with Crippen LogP contribution < -0.4 is 5.73 Å². The highest BCUT2D eigenvalue weighted by molar-refractivity contribution is 6.31. The van der Waals surface area contributed by atoms with Gasteiger partial charge in [-0.3, -0.25) is 0 Å². The van der Waals surface area contributed by atoms with E-state index in [1.807, 2.05) is 12.1 Å². The Kier molecular flexibility index (Phi) is 5.48. The molecule has 1 aromatic carbocycles. The van der Waals surface area contributed by atoms with E-state index < -0.39 is 0 Å². The number of benzene rings is 1. The highest BCUT2D eigenvalue weighted by Gasteiger charge is 2.17. The molecule has 100 valence electrons. The SMILES string of the molecule is NCC1CCN(CCCc2ccccc2Cl)CC1. The number of hydrogen-bond donors (Lipinski definition) is 1. The molecule has 0 amide bonds. The third-order valence-corrected chi connectivity index (χ3v) is 4.29. The molecule has 2 N–H and O–H groups in total. The maximum Gasteiger partial charge on any atom is 0.0437 e. The minimum absolute atomic E-state index is 0.754. The number of hydrogen-bond acceptors (Lipinski definition) is 2. The number of likely N-dealkylation sites (tertiary alicyclic amines) is 1. The van der Waals surface area contributed by atoms with Gasteiger partial charge in [-0.15, -0.1) is 0 Å². The van der Waals surface area contributed by atoms with Crippen LogP contribution in [0.15, 0.2) is 24.3 Å².